The van der Waals surface area contributed by atoms with Gasteiger partial charge in [0.05, 0.1) is 23.4 Å². The number of morpholine rings is 1. The van der Waals surface area contributed by atoms with Crippen LogP contribution in [-0.2, 0) is 4.74 Å². The van der Waals surface area contributed by atoms with Gasteiger partial charge in [-0.05, 0) is 25.5 Å². The molecule has 0 atom stereocenters. The monoisotopic (exact) mass is 360 g/mol. The average Bonchev–Trinajstić information content (AvgIpc) is 2.95. The Hall–Kier alpha value is -1.28. The molecule has 0 bridgehead atoms. The molecule has 4 heterocycles. The minimum absolute atomic E-state index is 0.850. The van der Waals surface area contributed by atoms with Gasteiger partial charge in [-0.1, -0.05) is 0 Å². The second kappa shape index (κ2) is 6.92. The van der Waals surface area contributed by atoms with Gasteiger partial charge in [0.25, 0.3) is 0 Å². The third kappa shape index (κ3) is 3.13. The highest BCUT2D eigenvalue weighted by atomic mass is 32.2. The topological polar surface area (TPSA) is 51.1 Å². The molecule has 4 rings (SSSR count). The first-order valence-corrected chi connectivity index (χ1v) is 9.97. The fourth-order valence-electron chi connectivity index (χ4n) is 2.87. The number of aromatic nitrogens is 3. The first-order chi connectivity index (χ1) is 11.7. The summed E-state index contributed by atoms with van der Waals surface area (Å²) in [5, 5.41) is 2.22. The number of thiophene rings is 1. The molecule has 0 aliphatic carbocycles. The van der Waals surface area contributed by atoms with E-state index in [-0.39, 0.29) is 0 Å². The number of pyridine rings is 1. The van der Waals surface area contributed by atoms with Crippen molar-refractivity contribution in [1.29, 1.82) is 0 Å². The number of rotatable bonds is 4. The summed E-state index contributed by atoms with van der Waals surface area (Å²) in [6, 6.07) is 2.20. The van der Waals surface area contributed by atoms with Crippen molar-refractivity contribution in [2.45, 2.75) is 18.9 Å². The minimum atomic E-state index is 0.850. The fraction of sp³-hybridized carbons (Fsp3) is 0.471. The van der Waals surface area contributed by atoms with Crippen molar-refractivity contribution < 1.29 is 4.74 Å². The van der Waals surface area contributed by atoms with E-state index >= 15 is 0 Å². The van der Waals surface area contributed by atoms with Gasteiger partial charge in [0.1, 0.15) is 16.2 Å². The molecule has 1 aliphatic heterocycles. The lowest BCUT2D eigenvalue weighted by molar-refractivity contribution is 0.0410. The van der Waals surface area contributed by atoms with Gasteiger partial charge in [0.15, 0.2) is 0 Å². The third-order valence-electron chi connectivity index (χ3n) is 4.41. The van der Waals surface area contributed by atoms with Crippen LogP contribution >= 0.6 is 23.1 Å². The van der Waals surface area contributed by atoms with Crippen LogP contribution in [0.5, 0.6) is 0 Å². The second-order valence-corrected chi connectivity index (χ2v) is 8.09. The van der Waals surface area contributed by atoms with Gasteiger partial charge in [0, 0.05) is 36.5 Å². The molecule has 0 unspecified atom stereocenters. The molecule has 0 aromatic carbocycles. The van der Waals surface area contributed by atoms with Crippen molar-refractivity contribution in [1.82, 2.24) is 19.9 Å². The highest BCUT2D eigenvalue weighted by Crippen LogP contribution is 2.36. The first kappa shape index (κ1) is 16.2. The fourth-order valence-corrected chi connectivity index (χ4v) is 5.10. The highest BCUT2D eigenvalue weighted by molar-refractivity contribution is 7.99. The summed E-state index contributed by atoms with van der Waals surface area (Å²) in [7, 11) is 0. The van der Waals surface area contributed by atoms with Gasteiger partial charge in [-0.3, -0.25) is 4.90 Å². The van der Waals surface area contributed by atoms with Gasteiger partial charge in [0.2, 0.25) is 0 Å². The minimum Gasteiger partial charge on any atom is -0.379 e. The van der Waals surface area contributed by atoms with Crippen LogP contribution in [0.2, 0.25) is 0 Å². The summed E-state index contributed by atoms with van der Waals surface area (Å²) in [5.41, 5.74) is 3.33. The molecule has 24 heavy (non-hydrogen) atoms. The molecular formula is C17H20N4OS2. The Kier molecular flexibility index (Phi) is 4.67. The van der Waals surface area contributed by atoms with Gasteiger partial charge in [-0.25, -0.2) is 15.0 Å². The summed E-state index contributed by atoms with van der Waals surface area (Å²) >= 11 is 3.52. The molecule has 0 radical (unpaired) electrons. The van der Waals surface area contributed by atoms with E-state index in [1.807, 2.05) is 11.8 Å². The number of hydrogen-bond donors (Lipinski definition) is 0. The summed E-state index contributed by atoms with van der Waals surface area (Å²) < 4.78 is 6.56. The summed E-state index contributed by atoms with van der Waals surface area (Å²) in [6.45, 7) is 9.00. The molecule has 3 aromatic rings. The number of fused-ring (bicyclic) bond motifs is 3. The molecule has 126 valence electrons. The average molecular weight is 361 g/mol. The van der Waals surface area contributed by atoms with E-state index in [0.717, 1.165) is 69.8 Å². The van der Waals surface area contributed by atoms with Gasteiger partial charge in [-0.15, -0.1) is 23.1 Å². The molecule has 0 N–H and O–H groups in total. The lowest BCUT2D eigenvalue weighted by atomic mass is 10.2. The largest absolute Gasteiger partial charge is 0.379 e. The Morgan fingerprint density at radius 1 is 1.25 bits per heavy atom. The number of nitrogens with zero attached hydrogens (tertiary/aromatic N) is 4. The molecule has 1 fully saturated rings. The van der Waals surface area contributed by atoms with Crippen molar-refractivity contribution in [3.8, 4) is 0 Å². The molecular weight excluding hydrogens is 340 g/mol. The van der Waals surface area contributed by atoms with Gasteiger partial charge in [-0.2, -0.15) is 0 Å². The van der Waals surface area contributed by atoms with E-state index in [4.69, 9.17) is 9.72 Å². The quantitative estimate of drug-likeness (QED) is 0.526. The Labute approximate surface area is 149 Å². The summed E-state index contributed by atoms with van der Waals surface area (Å²) in [5.74, 6) is 1.03. The summed E-state index contributed by atoms with van der Waals surface area (Å²) in [4.78, 5) is 17.3. The molecule has 3 aromatic heterocycles. The normalized spacial score (nSPS) is 16.2. The van der Waals surface area contributed by atoms with Crippen LogP contribution in [0.25, 0.3) is 20.4 Å². The highest BCUT2D eigenvalue weighted by Gasteiger charge is 2.15. The van der Waals surface area contributed by atoms with Crippen molar-refractivity contribution in [3.63, 3.8) is 0 Å². The third-order valence-corrected chi connectivity index (χ3v) is 6.60. The van der Waals surface area contributed by atoms with Gasteiger partial charge < -0.3 is 4.74 Å². The maximum Gasteiger partial charge on any atom is 0.126 e. The molecule has 0 spiro atoms. The van der Waals surface area contributed by atoms with Gasteiger partial charge >= 0.3 is 0 Å². The van der Waals surface area contributed by atoms with Crippen molar-refractivity contribution in [2.24, 2.45) is 0 Å². The van der Waals surface area contributed by atoms with Crippen LogP contribution in [0.1, 0.15) is 11.3 Å². The zero-order valence-corrected chi connectivity index (χ0v) is 15.5. The predicted octanol–water partition coefficient (Wildman–Crippen LogP) is 3.28. The van der Waals surface area contributed by atoms with Crippen molar-refractivity contribution in [3.05, 3.63) is 23.7 Å². The standard InChI is InChI=1S/C17H20N4OS2/c1-11-9-13-14-15(24-16(13)20-12(11)2)17(19-10-18-14)23-8-5-21-3-6-22-7-4-21/h9-10H,3-8H2,1-2H3. The number of hydrogen-bond acceptors (Lipinski definition) is 7. The molecule has 0 amide bonds. The number of aryl methyl sites for hydroxylation is 2. The van der Waals surface area contributed by atoms with E-state index in [2.05, 4.69) is 34.8 Å². The molecule has 5 nitrogen and oxygen atoms in total. The Morgan fingerprint density at radius 2 is 2.08 bits per heavy atom. The van der Waals surface area contributed by atoms with Crippen molar-refractivity contribution >= 4 is 43.5 Å². The second-order valence-electron chi connectivity index (χ2n) is 6.00. The van der Waals surface area contributed by atoms with Crippen LogP contribution in [-0.4, -0.2) is 58.5 Å². The van der Waals surface area contributed by atoms with Crippen LogP contribution < -0.4 is 0 Å². The molecule has 1 aliphatic rings. The molecule has 1 saturated heterocycles. The van der Waals surface area contributed by atoms with E-state index in [1.54, 1.807) is 17.7 Å². The predicted molar refractivity (Wildman–Crippen MR) is 100 cm³/mol. The Balaban J connectivity index is 1.58. The lowest BCUT2D eigenvalue weighted by Gasteiger charge is -2.26. The van der Waals surface area contributed by atoms with E-state index in [0.29, 0.717) is 0 Å². The maximum atomic E-state index is 5.40. The molecule has 7 heteroatoms. The lowest BCUT2D eigenvalue weighted by Crippen LogP contribution is -2.37. The van der Waals surface area contributed by atoms with Crippen LogP contribution in [0.4, 0.5) is 0 Å². The van der Waals surface area contributed by atoms with Crippen LogP contribution in [0, 0.1) is 13.8 Å². The zero-order chi connectivity index (χ0) is 16.5. The Bertz CT molecular complexity index is 874. The van der Waals surface area contributed by atoms with Crippen LogP contribution in [0.3, 0.4) is 0 Å². The van der Waals surface area contributed by atoms with Crippen molar-refractivity contribution in [2.75, 3.05) is 38.6 Å². The Morgan fingerprint density at radius 3 is 2.92 bits per heavy atom. The summed E-state index contributed by atoms with van der Waals surface area (Å²) in [6.07, 6.45) is 1.68. The van der Waals surface area contributed by atoms with Crippen LogP contribution in [0.15, 0.2) is 17.4 Å². The number of thioether (sulfide) groups is 1. The van der Waals surface area contributed by atoms with E-state index in [1.165, 1.54) is 5.56 Å². The maximum absolute atomic E-state index is 5.40. The van der Waals surface area contributed by atoms with E-state index < -0.39 is 0 Å². The van der Waals surface area contributed by atoms with E-state index in [9.17, 15) is 0 Å². The molecule has 0 saturated carbocycles. The first-order valence-electron chi connectivity index (χ1n) is 8.17. The SMILES string of the molecule is Cc1cc2c(nc1C)sc1c(SCCN3CCOCC3)ncnc12. The smallest absolute Gasteiger partial charge is 0.126 e. The number of ether oxygens (including phenoxy) is 1. The zero-order valence-electron chi connectivity index (χ0n) is 13.9.